The van der Waals surface area contributed by atoms with Gasteiger partial charge in [0.05, 0.1) is 30.2 Å². The van der Waals surface area contributed by atoms with Crippen LogP contribution < -0.4 is 0 Å². The Morgan fingerprint density at radius 2 is 1.84 bits per heavy atom. The molecule has 4 nitrogen and oxygen atoms in total. The summed E-state index contributed by atoms with van der Waals surface area (Å²) in [6, 6.07) is 17.7. The van der Waals surface area contributed by atoms with Crippen LogP contribution in [0.5, 0.6) is 0 Å². The summed E-state index contributed by atoms with van der Waals surface area (Å²) in [7, 11) is -2.84. The van der Waals surface area contributed by atoms with Crippen LogP contribution in [0.1, 0.15) is 17.5 Å². The molecule has 0 bridgehead atoms. The standard InChI is InChI=1S/C24H22FN3OS2/c1-4-22-27-23(17-10-8-16(2)9-11-17)24(30-22)18-12-13-26-21(14-18)28-31(3,29)20-7-5-6-19(25)15-20/h5-15H,4H2,1-3H3. The fourth-order valence-electron chi connectivity index (χ4n) is 3.16. The zero-order valence-corrected chi connectivity index (χ0v) is 19.1. The highest BCUT2D eigenvalue weighted by Crippen LogP contribution is 2.38. The van der Waals surface area contributed by atoms with Gasteiger partial charge in [-0.3, -0.25) is 0 Å². The van der Waals surface area contributed by atoms with Gasteiger partial charge in [0.25, 0.3) is 0 Å². The average Bonchev–Trinajstić information content (AvgIpc) is 3.19. The van der Waals surface area contributed by atoms with Gasteiger partial charge in [0, 0.05) is 18.0 Å². The van der Waals surface area contributed by atoms with Crippen LogP contribution in [-0.2, 0) is 16.1 Å². The van der Waals surface area contributed by atoms with Crippen LogP contribution in [0.3, 0.4) is 0 Å². The fourth-order valence-corrected chi connectivity index (χ4v) is 5.41. The highest BCUT2D eigenvalue weighted by molar-refractivity contribution is 7.93. The molecule has 0 aliphatic heterocycles. The Kier molecular flexibility index (Phi) is 5.98. The maximum Gasteiger partial charge on any atom is 0.162 e. The van der Waals surface area contributed by atoms with E-state index < -0.39 is 15.5 Å². The van der Waals surface area contributed by atoms with E-state index >= 15 is 0 Å². The quantitative estimate of drug-likeness (QED) is 0.340. The number of nitrogens with zero attached hydrogens (tertiary/aromatic N) is 3. The highest BCUT2D eigenvalue weighted by Gasteiger charge is 2.16. The first-order chi connectivity index (χ1) is 14.9. The van der Waals surface area contributed by atoms with E-state index in [0.717, 1.165) is 33.1 Å². The molecule has 0 radical (unpaired) electrons. The largest absolute Gasteiger partial charge is 0.245 e. The summed E-state index contributed by atoms with van der Waals surface area (Å²) >= 11 is 1.64. The van der Waals surface area contributed by atoms with Crippen molar-refractivity contribution in [2.24, 2.45) is 4.36 Å². The SMILES string of the molecule is CCc1nc(-c2ccc(C)cc2)c(-c2ccnc(N=S(C)(=O)c3cccc(F)c3)c2)s1. The summed E-state index contributed by atoms with van der Waals surface area (Å²) in [6.45, 7) is 4.14. The van der Waals surface area contributed by atoms with Crippen LogP contribution >= 0.6 is 11.3 Å². The maximum absolute atomic E-state index is 13.6. The number of pyridine rings is 1. The number of hydrogen-bond donors (Lipinski definition) is 0. The lowest BCUT2D eigenvalue weighted by Crippen LogP contribution is -1.97. The van der Waals surface area contributed by atoms with Crippen molar-refractivity contribution in [3.8, 4) is 21.7 Å². The van der Waals surface area contributed by atoms with Gasteiger partial charge in [-0.05, 0) is 49.2 Å². The second kappa shape index (κ2) is 8.69. The first kappa shape index (κ1) is 21.3. The molecule has 2 heterocycles. The van der Waals surface area contributed by atoms with Gasteiger partial charge in [-0.25, -0.2) is 18.6 Å². The molecule has 4 rings (SSSR count). The minimum absolute atomic E-state index is 0.339. The van der Waals surface area contributed by atoms with Crippen LogP contribution in [0.2, 0.25) is 0 Å². The number of rotatable bonds is 5. The van der Waals surface area contributed by atoms with E-state index in [9.17, 15) is 8.60 Å². The molecule has 7 heteroatoms. The third-order valence-electron chi connectivity index (χ3n) is 4.81. The summed E-state index contributed by atoms with van der Waals surface area (Å²) < 4.78 is 31.1. The monoisotopic (exact) mass is 451 g/mol. The average molecular weight is 452 g/mol. The Bertz CT molecular complexity index is 1350. The van der Waals surface area contributed by atoms with Crippen molar-refractivity contribution in [2.45, 2.75) is 25.2 Å². The smallest absolute Gasteiger partial charge is 0.162 e. The molecule has 4 aromatic rings. The molecule has 2 aromatic carbocycles. The zero-order valence-electron chi connectivity index (χ0n) is 17.5. The lowest BCUT2D eigenvalue weighted by Gasteiger charge is -2.06. The van der Waals surface area contributed by atoms with Gasteiger partial charge in [0.1, 0.15) is 5.82 Å². The molecule has 0 spiro atoms. The number of benzene rings is 2. The summed E-state index contributed by atoms with van der Waals surface area (Å²) in [4.78, 5) is 10.5. The topological polar surface area (TPSA) is 55.2 Å². The lowest BCUT2D eigenvalue weighted by atomic mass is 10.1. The lowest BCUT2D eigenvalue weighted by molar-refractivity contribution is 0.622. The molecule has 0 N–H and O–H groups in total. The van der Waals surface area contributed by atoms with Gasteiger partial charge in [-0.2, -0.15) is 4.36 Å². The second-order valence-corrected chi connectivity index (χ2v) is 10.6. The van der Waals surface area contributed by atoms with E-state index in [1.807, 2.05) is 12.1 Å². The van der Waals surface area contributed by atoms with Gasteiger partial charge >= 0.3 is 0 Å². The minimum Gasteiger partial charge on any atom is -0.245 e. The zero-order chi connectivity index (χ0) is 22.0. The van der Waals surface area contributed by atoms with Crippen LogP contribution in [0.15, 0.2) is 76.1 Å². The molecular formula is C24H22FN3OS2. The Labute approximate surface area is 186 Å². The van der Waals surface area contributed by atoms with Gasteiger partial charge in [0.2, 0.25) is 0 Å². The van der Waals surface area contributed by atoms with Crippen LogP contribution in [0, 0.1) is 12.7 Å². The summed E-state index contributed by atoms with van der Waals surface area (Å²) in [5.74, 6) is -0.0981. The van der Waals surface area contributed by atoms with E-state index in [0.29, 0.717) is 10.7 Å². The molecule has 0 aliphatic rings. The maximum atomic E-state index is 13.6. The van der Waals surface area contributed by atoms with Crippen molar-refractivity contribution in [1.82, 2.24) is 9.97 Å². The van der Waals surface area contributed by atoms with E-state index in [1.165, 1.54) is 30.0 Å². The number of halogens is 1. The molecular weight excluding hydrogens is 429 g/mol. The van der Waals surface area contributed by atoms with Gasteiger partial charge in [-0.15, -0.1) is 11.3 Å². The molecule has 1 atom stereocenters. The number of hydrogen-bond acceptors (Lipinski definition) is 5. The van der Waals surface area contributed by atoms with Crippen LogP contribution in [0.4, 0.5) is 10.2 Å². The number of aryl methyl sites for hydroxylation is 2. The molecule has 31 heavy (non-hydrogen) atoms. The Morgan fingerprint density at radius 3 is 2.55 bits per heavy atom. The van der Waals surface area contributed by atoms with Crippen molar-refractivity contribution in [3.05, 3.63) is 83.2 Å². The molecule has 0 saturated carbocycles. The molecule has 0 amide bonds. The van der Waals surface area contributed by atoms with Crippen molar-refractivity contribution < 1.29 is 8.60 Å². The van der Waals surface area contributed by atoms with Crippen LogP contribution in [-0.4, -0.2) is 20.4 Å². The number of thiazole rings is 1. The normalized spacial score (nSPS) is 13.0. The van der Waals surface area contributed by atoms with Gasteiger partial charge in [0.15, 0.2) is 5.82 Å². The van der Waals surface area contributed by atoms with Crippen molar-refractivity contribution in [3.63, 3.8) is 0 Å². The summed E-state index contributed by atoms with van der Waals surface area (Å²) in [6.07, 6.45) is 3.99. The van der Waals surface area contributed by atoms with E-state index in [-0.39, 0.29) is 0 Å². The van der Waals surface area contributed by atoms with Crippen molar-refractivity contribution >= 4 is 26.9 Å². The van der Waals surface area contributed by atoms with E-state index in [2.05, 4.69) is 47.5 Å². The summed E-state index contributed by atoms with van der Waals surface area (Å²) in [5.41, 5.74) is 4.07. The second-order valence-electron chi connectivity index (χ2n) is 7.26. The van der Waals surface area contributed by atoms with Crippen LogP contribution in [0.25, 0.3) is 21.7 Å². The molecule has 1 unspecified atom stereocenters. The molecule has 0 aliphatic carbocycles. The molecule has 0 saturated heterocycles. The Hall–Kier alpha value is -2.90. The van der Waals surface area contributed by atoms with Gasteiger partial charge in [-0.1, -0.05) is 42.8 Å². The minimum atomic E-state index is -2.84. The molecule has 0 fully saturated rings. The van der Waals surface area contributed by atoms with Gasteiger partial charge < -0.3 is 0 Å². The fraction of sp³-hybridized carbons (Fsp3) is 0.167. The third kappa shape index (κ3) is 4.73. The van der Waals surface area contributed by atoms with E-state index in [1.54, 1.807) is 23.6 Å². The van der Waals surface area contributed by atoms with Crippen molar-refractivity contribution in [2.75, 3.05) is 6.26 Å². The Balaban J connectivity index is 1.80. The highest BCUT2D eigenvalue weighted by atomic mass is 32.2. The predicted octanol–water partition coefficient (Wildman–Crippen LogP) is 6.67. The third-order valence-corrected chi connectivity index (χ3v) is 7.72. The number of aromatic nitrogens is 2. The van der Waals surface area contributed by atoms with E-state index in [4.69, 9.17) is 4.98 Å². The Morgan fingerprint density at radius 1 is 1.06 bits per heavy atom. The molecule has 2 aromatic heterocycles. The predicted molar refractivity (Wildman–Crippen MR) is 126 cm³/mol. The first-order valence-corrected chi connectivity index (χ1v) is 12.6. The summed E-state index contributed by atoms with van der Waals surface area (Å²) in [5, 5.41) is 1.04. The first-order valence-electron chi connectivity index (χ1n) is 9.86. The van der Waals surface area contributed by atoms with Crippen molar-refractivity contribution in [1.29, 1.82) is 0 Å². The molecule has 158 valence electrons.